The van der Waals surface area contributed by atoms with E-state index in [4.69, 9.17) is 10.00 Å². The molecule has 0 spiro atoms. The molecular formula is C14H10BrNO2. The van der Waals surface area contributed by atoms with Gasteiger partial charge in [0.05, 0.1) is 18.2 Å². The van der Waals surface area contributed by atoms with Crippen molar-refractivity contribution >= 4 is 15.9 Å². The second-order valence-electron chi connectivity index (χ2n) is 3.66. The second kappa shape index (κ2) is 5.67. The average Bonchev–Trinajstić information content (AvgIpc) is 2.38. The number of benzene rings is 2. The zero-order valence-corrected chi connectivity index (χ0v) is 11.0. The van der Waals surface area contributed by atoms with Crippen molar-refractivity contribution in [2.75, 3.05) is 0 Å². The molecule has 0 saturated heterocycles. The third kappa shape index (κ3) is 2.89. The Kier molecular flexibility index (Phi) is 3.98. The molecule has 0 amide bonds. The van der Waals surface area contributed by atoms with Crippen molar-refractivity contribution < 1.29 is 9.84 Å². The molecule has 1 N–H and O–H groups in total. The number of hydrogen-bond acceptors (Lipinski definition) is 3. The van der Waals surface area contributed by atoms with Gasteiger partial charge in [0.25, 0.3) is 0 Å². The molecule has 2 aromatic carbocycles. The van der Waals surface area contributed by atoms with Gasteiger partial charge in [0.1, 0.15) is 11.5 Å². The first kappa shape index (κ1) is 12.6. The summed E-state index contributed by atoms with van der Waals surface area (Å²) in [6, 6.07) is 14.4. The normalized spacial score (nSPS) is 9.83. The minimum absolute atomic E-state index is 0.0880. The van der Waals surface area contributed by atoms with Gasteiger partial charge in [-0.1, -0.05) is 34.1 Å². The van der Waals surface area contributed by atoms with Gasteiger partial charge in [-0.05, 0) is 24.3 Å². The Morgan fingerprint density at radius 1 is 1.22 bits per heavy atom. The molecule has 90 valence electrons. The predicted octanol–water partition coefficient (Wildman–Crippen LogP) is 3.61. The lowest BCUT2D eigenvalue weighted by Gasteiger charge is -2.10. The van der Waals surface area contributed by atoms with Gasteiger partial charge < -0.3 is 9.84 Å². The molecule has 0 bridgehead atoms. The quantitative estimate of drug-likeness (QED) is 0.942. The van der Waals surface area contributed by atoms with Gasteiger partial charge in [-0.25, -0.2) is 0 Å². The molecule has 0 radical (unpaired) electrons. The summed E-state index contributed by atoms with van der Waals surface area (Å²) in [7, 11) is 0. The Morgan fingerprint density at radius 2 is 2.00 bits per heavy atom. The first-order chi connectivity index (χ1) is 8.72. The molecule has 0 saturated carbocycles. The van der Waals surface area contributed by atoms with Gasteiger partial charge in [0.2, 0.25) is 0 Å². The fraction of sp³-hybridized carbons (Fsp3) is 0.0714. The number of halogens is 1. The number of rotatable bonds is 3. The molecule has 18 heavy (non-hydrogen) atoms. The molecule has 4 heteroatoms. The Morgan fingerprint density at radius 3 is 2.72 bits per heavy atom. The summed E-state index contributed by atoms with van der Waals surface area (Å²) in [5, 5.41) is 18.1. The maximum atomic E-state index is 9.21. The summed E-state index contributed by atoms with van der Waals surface area (Å²) in [5.74, 6) is 1.14. The molecular weight excluding hydrogens is 294 g/mol. The van der Waals surface area contributed by atoms with E-state index < -0.39 is 0 Å². The largest absolute Gasteiger partial charge is 0.457 e. The van der Waals surface area contributed by atoms with Gasteiger partial charge in [0.15, 0.2) is 0 Å². The highest BCUT2D eigenvalue weighted by molar-refractivity contribution is 9.10. The van der Waals surface area contributed by atoms with Crippen molar-refractivity contribution in [2.45, 2.75) is 6.61 Å². The highest BCUT2D eigenvalue weighted by atomic mass is 79.9. The van der Waals surface area contributed by atoms with Crippen LogP contribution in [0, 0.1) is 11.3 Å². The van der Waals surface area contributed by atoms with Crippen molar-refractivity contribution in [1.82, 2.24) is 0 Å². The molecule has 0 fully saturated rings. The Balaban J connectivity index is 2.34. The standard InChI is InChI=1S/C14H10BrNO2/c15-12-5-10(8-16)6-13(7-12)18-14-4-2-1-3-11(14)9-17/h1-7,17H,9H2. The van der Waals surface area contributed by atoms with Crippen molar-refractivity contribution in [3.05, 3.63) is 58.1 Å². The second-order valence-corrected chi connectivity index (χ2v) is 4.57. The third-order valence-electron chi connectivity index (χ3n) is 2.37. The van der Waals surface area contributed by atoms with Crippen LogP contribution in [0.1, 0.15) is 11.1 Å². The minimum atomic E-state index is -0.0880. The van der Waals surface area contributed by atoms with Crippen molar-refractivity contribution in [1.29, 1.82) is 5.26 Å². The number of aliphatic hydroxyl groups is 1. The molecule has 0 aliphatic rings. The van der Waals surface area contributed by atoms with Crippen LogP contribution < -0.4 is 4.74 Å². The molecule has 3 nitrogen and oxygen atoms in total. The zero-order chi connectivity index (χ0) is 13.0. The lowest BCUT2D eigenvalue weighted by Crippen LogP contribution is -1.91. The highest BCUT2D eigenvalue weighted by Gasteiger charge is 2.05. The summed E-state index contributed by atoms with van der Waals surface area (Å²) in [6.07, 6.45) is 0. The van der Waals surface area contributed by atoms with E-state index in [0.29, 0.717) is 22.6 Å². The number of nitriles is 1. The first-order valence-electron chi connectivity index (χ1n) is 5.30. The average molecular weight is 304 g/mol. The maximum Gasteiger partial charge on any atom is 0.132 e. The van der Waals surface area contributed by atoms with Crippen LogP contribution in [0.3, 0.4) is 0 Å². The van der Waals surface area contributed by atoms with Crippen LogP contribution in [-0.4, -0.2) is 5.11 Å². The molecule has 0 heterocycles. The van der Waals surface area contributed by atoms with Crippen LogP contribution in [0.2, 0.25) is 0 Å². The van der Waals surface area contributed by atoms with Crippen LogP contribution in [0.4, 0.5) is 0 Å². The fourth-order valence-electron chi connectivity index (χ4n) is 1.55. The van der Waals surface area contributed by atoms with Gasteiger partial charge in [0, 0.05) is 10.0 Å². The molecule has 0 aliphatic carbocycles. The fourth-order valence-corrected chi connectivity index (χ4v) is 2.02. The lowest BCUT2D eigenvalue weighted by molar-refractivity contribution is 0.276. The molecule has 0 unspecified atom stereocenters. The van der Waals surface area contributed by atoms with Crippen molar-refractivity contribution in [3.8, 4) is 17.6 Å². The highest BCUT2D eigenvalue weighted by Crippen LogP contribution is 2.28. The first-order valence-corrected chi connectivity index (χ1v) is 6.09. The molecule has 0 aromatic heterocycles. The van der Waals surface area contributed by atoms with E-state index in [1.54, 1.807) is 30.3 Å². The van der Waals surface area contributed by atoms with Crippen molar-refractivity contribution in [3.63, 3.8) is 0 Å². The third-order valence-corrected chi connectivity index (χ3v) is 2.83. The van der Waals surface area contributed by atoms with E-state index in [0.717, 1.165) is 4.47 Å². The smallest absolute Gasteiger partial charge is 0.132 e. The van der Waals surface area contributed by atoms with E-state index in [1.807, 2.05) is 12.1 Å². The predicted molar refractivity (Wildman–Crippen MR) is 71.3 cm³/mol. The van der Waals surface area contributed by atoms with E-state index >= 15 is 0 Å². The van der Waals surface area contributed by atoms with E-state index in [-0.39, 0.29) is 6.61 Å². The van der Waals surface area contributed by atoms with E-state index in [1.165, 1.54) is 0 Å². The number of ether oxygens (including phenoxy) is 1. The molecule has 2 aromatic rings. The van der Waals surface area contributed by atoms with Crippen LogP contribution in [0.25, 0.3) is 0 Å². The minimum Gasteiger partial charge on any atom is -0.457 e. The Bertz CT molecular complexity index is 605. The summed E-state index contributed by atoms with van der Waals surface area (Å²) >= 11 is 3.32. The Hall–Kier alpha value is -1.83. The Labute approximate surface area is 113 Å². The number of para-hydroxylation sites is 1. The van der Waals surface area contributed by atoms with Crippen LogP contribution in [0.15, 0.2) is 46.9 Å². The molecule has 0 aliphatic heterocycles. The number of hydrogen-bond donors (Lipinski definition) is 1. The van der Waals surface area contributed by atoms with E-state index in [9.17, 15) is 5.11 Å². The zero-order valence-electron chi connectivity index (χ0n) is 9.43. The maximum absolute atomic E-state index is 9.21. The number of aliphatic hydroxyl groups excluding tert-OH is 1. The lowest BCUT2D eigenvalue weighted by atomic mass is 10.2. The summed E-state index contributed by atoms with van der Waals surface area (Å²) in [4.78, 5) is 0. The molecule has 0 atom stereocenters. The van der Waals surface area contributed by atoms with Crippen LogP contribution in [0.5, 0.6) is 11.5 Å². The van der Waals surface area contributed by atoms with Gasteiger partial charge in [-0.3, -0.25) is 0 Å². The van der Waals surface area contributed by atoms with E-state index in [2.05, 4.69) is 22.0 Å². The monoisotopic (exact) mass is 303 g/mol. The van der Waals surface area contributed by atoms with Gasteiger partial charge in [-0.15, -0.1) is 0 Å². The van der Waals surface area contributed by atoms with Crippen LogP contribution >= 0.6 is 15.9 Å². The molecule has 2 rings (SSSR count). The summed E-state index contributed by atoms with van der Waals surface area (Å²) < 4.78 is 6.46. The summed E-state index contributed by atoms with van der Waals surface area (Å²) in [6.45, 7) is -0.0880. The topological polar surface area (TPSA) is 53.2 Å². The summed E-state index contributed by atoms with van der Waals surface area (Å²) in [5.41, 5.74) is 1.22. The van der Waals surface area contributed by atoms with Crippen molar-refractivity contribution in [2.24, 2.45) is 0 Å². The van der Waals surface area contributed by atoms with Gasteiger partial charge >= 0.3 is 0 Å². The van der Waals surface area contributed by atoms with Gasteiger partial charge in [-0.2, -0.15) is 5.26 Å². The number of nitrogens with zero attached hydrogens (tertiary/aromatic N) is 1. The SMILES string of the molecule is N#Cc1cc(Br)cc(Oc2ccccc2CO)c1. The van der Waals surface area contributed by atoms with Crippen LogP contribution in [-0.2, 0) is 6.61 Å².